The molecule has 1 atom stereocenters. The molecular formula is C25H26N4O5. The van der Waals surface area contributed by atoms with Crippen LogP contribution >= 0.6 is 0 Å². The minimum atomic E-state index is -1.03. The molecule has 3 aromatic rings. The molecule has 176 valence electrons. The van der Waals surface area contributed by atoms with Crippen molar-refractivity contribution in [1.82, 2.24) is 15.1 Å². The highest BCUT2D eigenvalue weighted by molar-refractivity contribution is 5.91. The van der Waals surface area contributed by atoms with Gasteiger partial charge >= 0.3 is 12.1 Å². The summed E-state index contributed by atoms with van der Waals surface area (Å²) in [6, 6.07) is 15.8. The van der Waals surface area contributed by atoms with Gasteiger partial charge in [0.15, 0.2) is 0 Å². The summed E-state index contributed by atoms with van der Waals surface area (Å²) in [5.74, 6) is -1.39. The van der Waals surface area contributed by atoms with Crippen molar-refractivity contribution >= 4 is 23.7 Å². The number of carboxylic acids is 1. The Labute approximate surface area is 196 Å². The molecule has 9 heteroatoms. The van der Waals surface area contributed by atoms with Crippen molar-refractivity contribution in [2.45, 2.75) is 38.3 Å². The first-order valence-corrected chi connectivity index (χ1v) is 11.1. The highest BCUT2D eigenvalue weighted by atomic mass is 16.5. The van der Waals surface area contributed by atoms with Crippen LogP contribution in [0.4, 0.5) is 10.5 Å². The molecule has 1 aliphatic carbocycles. The van der Waals surface area contributed by atoms with Gasteiger partial charge in [0.25, 0.3) is 0 Å². The van der Waals surface area contributed by atoms with E-state index in [0.717, 1.165) is 22.3 Å². The lowest BCUT2D eigenvalue weighted by molar-refractivity contribution is -0.137. The summed E-state index contributed by atoms with van der Waals surface area (Å²) >= 11 is 0. The maximum absolute atomic E-state index is 12.5. The Bertz CT molecular complexity index is 1160. The van der Waals surface area contributed by atoms with Gasteiger partial charge in [-0.15, -0.1) is 0 Å². The van der Waals surface area contributed by atoms with Gasteiger partial charge in [0.2, 0.25) is 5.91 Å². The average molecular weight is 463 g/mol. The first-order chi connectivity index (χ1) is 16.4. The first kappa shape index (κ1) is 23.0. The Balaban J connectivity index is 1.30. The largest absolute Gasteiger partial charge is 0.480 e. The van der Waals surface area contributed by atoms with Gasteiger partial charge in [0, 0.05) is 24.6 Å². The van der Waals surface area contributed by atoms with Crippen molar-refractivity contribution in [1.29, 1.82) is 0 Å². The van der Waals surface area contributed by atoms with Crippen LogP contribution in [0.5, 0.6) is 0 Å². The van der Waals surface area contributed by atoms with Gasteiger partial charge in [-0.1, -0.05) is 55.5 Å². The summed E-state index contributed by atoms with van der Waals surface area (Å²) in [7, 11) is 0. The van der Waals surface area contributed by atoms with Crippen LogP contribution in [0.15, 0.2) is 60.9 Å². The zero-order valence-electron chi connectivity index (χ0n) is 18.7. The number of aromatic nitrogens is 2. The number of amides is 2. The third-order valence-electron chi connectivity index (χ3n) is 5.80. The molecule has 1 aliphatic rings. The van der Waals surface area contributed by atoms with Crippen molar-refractivity contribution in [2.24, 2.45) is 0 Å². The van der Waals surface area contributed by atoms with Crippen LogP contribution in [0, 0.1) is 0 Å². The molecule has 0 aliphatic heterocycles. The summed E-state index contributed by atoms with van der Waals surface area (Å²) in [5.41, 5.74) is 4.96. The SMILES string of the molecule is CC[C@@H](CC(=O)Nc1cnn(CC(=O)O)c1)NC(=O)OCC1c2ccccc2-c2ccccc21. The van der Waals surface area contributed by atoms with Crippen LogP contribution in [0.25, 0.3) is 11.1 Å². The second-order valence-electron chi connectivity index (χ2n) is 8.15. The zero-order chi connectivity index (χ0) is 24.1. The van der Waals surface area contributed by atoms with E-state index in [1.54, 1.807) is 0 Å². The lowest BCUT2D eigenvalue weighted by atomic mass is 9.98. The van der Waals surface area contributed by atoms with Gasteiger partial charge in [-0.2, -0.15) is 5.10 Å². The fourth-order valence-corrected chi connectivity index (χ4v) is 4.19. The molecule has 2 amide bonds. The number of carbonyl (C=O) groups excluding carboxylic acids is 2. The second kappa shape index (κ2) is 10.2. The number of fused-ring (bicyclic) bond motifs is 3. The Morgan fingerprint density at radius 3 is 2.35 bits per heavy atom. The van der Waals surface area contributed by atoms with Crippen LogP contribution in [-0.2, 0) is 20.9 Å². The number of hydrogen-bond acceptors (Lipinski definition) is 5. The molecule has 0 spiro atoms. The Morgan fingerprint density at radius 1 is 1.09 bits per heavy atom. The minimum absolute atomic E-state index is 0.0381. The number of benzene rings is 2. The fraction of sp³-hybridized carbons (Fsp3) is 0.280. The Kier molecular flexibility index (Phi) is 6.91. The predicted molar refractivity (Wildman–Crippen MR) is 125 cm³/mol. The highest BCUT2D eigenvalue weighted by Gasteiger charge is 2.29. The number of aliphatic carboxylic acids is 1. The lowest BCUT2D eigenvalue weighted by Crippen LogP contribution is -2.38. The molecule has 3 N–H and O–H groups in total. The molecule has 0 unspecified atom stereocenters. The number of nitrogens with zero attached hydrogens (tertiary/aromatic N) is 2. The molecule has 9 nitrogen and oxygen atoms in total. The number of nitrogens with one attached hydrogen (secondary N) is 2. The van der Waals surface area contributed by atoms with Crippen molar-refractivity contribution < 1.29 is 24.2 Å². The summed E-state index contributed by atoms with van der Waals surface area (Å²) in [6.07, 6.45) is 2.82. The molecule has 1 aromatic heterocycles. The van der Waals surface area contributed by atoms with Crippen molar-refractivity contribution in [3.8, 4) is 11.1 Å². The third-order valence-corrected chi connectivity index (χ3v) is 5.80. The van der Waals surface area contributed by atoms with Crippen LogP contribution in [0.1, 0.15) is 36.8 Å². The molecule has 2 aromatic carbocycles. The third kappa shape index (κ3) is 5.25. The molecule has 1 heterocycles. The Hall–Kier alpha value is -4.14. The van der Waals surface area contributed by atoms with Crippen LogP contribution in [-0.4, -0.2) is 45.5 Å². The topological polar surface area (TPSA) is 123 Å². The van der Waals surface area contributed by atoms with Gasteiger partial charge in [-0.25, -0.2) is 4.79 Å². The number of rotatable bonds is 9. The summed E-state index contributed by atoms with van der Waals surface area (Å²) in [4.78, 5) is 35.6. The number of ether oxygens (including phenoxy) is 1. The standard InChI is InChI=1S/C25H26N4O5/c1-2-16(11-23(30)27-17-12-26-29(13-17)14-24(31)32)28-25(33)34-15-22-20-9-5-3-7-18(20)19-8-4-6-10-21(19)22/h3-10,12-13,16,22H,2,11,14-15H2,1H3,(H,27,30)(H,28,33)(H,31,32)/t16-/m0/s1. The molecule has 4 rings (SSSR count). The fourth-order valence-electron chi connectivity index (χ4n) is 4.19. The smallest absolute Gasteiger partial charge is 0.407 e. The van der Waals surface area contributed by atoms with Gasteiger partial charge in [-0.05, 0) is 28.7 Å². The second-order valence-corrected chi connectivity index (χ2v) is 8.15. The van der Waals surface area contributed by atoms with Crippen molar-refractivity contribution in [3.63, 3.8) is 0 Å². The quantitative estimate of drug-likeness (QED) is 0.446. The van der Waals surface area contributed by atoms with Crippen LogP contribution < -0.4 is 10.6 Å². The van der Waals surface area contributed by atoms with E-state index in [1.165, 1.54) is 17.1 Å². The highest BCUT2D eigenvalue weighted by Crippen LogP contribution is 2.44. The van der Waals surface area contributed by atoms with Crippen molar-refractivity contribution in [3.05, 3.63) is 72.1 Å². The van der Waals surface area contributed by atoms with E-state index in [0.29, 0.717) is 12.1 Å². The molecule has 34 heavy (non-hydrogen) atoms. The zero-order valence-corrected chi connectivity index (χ0v) is 18.7. The monoisotopic (exact) mass is 462 g/mol. The van der Waals surface area contributed by atoms with Crippen LogP contribution in [0.3, 0.4) is 0 Å². The van der Waals surface area contributed by atoms with E-state index in [-0.39, 0.29) is 31.4 Å². The first-order valence-electron chi connectivity index (χ1n) is 11.1. The molecular weight excluding hydrogens is 436 g/mol. The normalized spacial score (nSPS) is 13.0. The molecule has 0 bridgehead atoms. The molecule has 0 saturated heterocycles. The van der Waals surface area contributed by atoms with Crippen LogP contribution in [0.2, 0.25) is 0 Å². The maximum Gasteiger partial charge on any atom is 0.407 e. The van der Waals surface area contributed by atoms with Gasteiger partial charge in [0.1, 0.15) is 13.2 Å². The number of anilines is 1. The lowest BCUT2D eigenvalue weighted by Gasteiger charge is -2.18. The summed E-state index contributed by atoms with van der Waals surface area (Å²) in [5, 5.41) is 18.1. The van der Waals surface area contributed by atoms with Gasteiger partial charge in [0.05, 0.1) is 11.9 Å². The molecule has 0 saturated carbocycles. The number of alkyl carbamates (subject to hydrolysis) is 1. The predicted octanol–water partition coefficient (Wildman–Crippen LogP) is 3.61. The van der Waals surface area contributed by atoms with E-state index in [9.17, 15) is 14.4 Å². The van der Waals surface area contributed by atoms with E-state index in [2.05, 4.69) is 40.0 Å². The van der Waals surface area contributed by atoms with Crippen molar-refractivity contribution in [2.75, 3.05) is 11.9 Å². The van der Waals surface area contributed by atoms with E-state index < -0.39 is 18.1 Å². The van der Waals surface area contributed by atoms with Gasteiger partial charge < -0.3 is 20.5 Å². The number of hydrogen-bond donors (Lipinski definition) is 3. The van der Waals surface area contributed by atoms with E-state index in [1.807, 2.05) is 31.2 Å². The number of carboxylic acid groups (broad SMARTS) is 1. The molecule has 0 fully saturated rings. The van der Waals surface area contributed by atoms with E-state index >= 15 is 0 Å². The maximum atomic E-state index is 12.5. The minimum Gasteiger partial charge on any atom is -0.480 e. The van der Waals surface area contributed by atoms with Gasteiger partial charge in [-0.3, -0.25) is 14.3 Å². The number of carbonyl (C=O) groups is 3. The molecule has 0 radical (unpaired) electrons. The van der Waals surface area contributed by atoms with E-state index in [4.69, 9.17) is 9.84 Å². The summed E-state index contributed by atoms with van der Waals surface area (Å²) < 4.78 is 6.77. The Morgan fingerprint density at radius 2 is 1.74 bits per heavy atom. The average Bonchev–Trinajstić information content (AvgIpc) is 3.38. The summed E-state index contributed by atoms with van der Waals surface area (Å²) in [6.45, 7) is 1.77.